The topological polar surface area (TPSA) is 40.5 Å². The van der Waals surface area contributed by atoms with Gasteiger partial charge in [0.2, 0.25) is 0 Å². The molecule has 0 saturated carbocycles. The van der Waals surface area contributed by atoms with E-state index in [9.17, 15) is 0 Å². The Morgan fingerprint density at radius 1 is 1.29 bits per heavy atom. The first-order valence-corrected chi connectivity index (χ1v) is 5.45. The molecule has 14 heavy (non-hydrogen) atoms. The van der Waals surface area contributed by atoms with E-state index in [0.717, 1.165) is 25.7 Å². The summed E-state index contributed by atoms with van der Waals surface area (Å²) in [5, 5.41) is 0. The van der Waals surface area contributed by atoms with Gasteiger partial charge in [0.05, 0.1) is 5.54 Å². The van der Waals surface area contributed by atoms with Gasteiger partial charge in [-0.25, -0.2) is 0 Å². The molecule has 2 heteroatoms. The Labute approximate surface area is 86.5 Å². The summed E-state index contributed by atoms with van der Waals surface area (Å²) >= 11 is 0. The second kappa shape index (κ2) is 5.11. The van der Waals surface area contributed by atoms with Crippen molar-refractivity contribution >= 4 is 0 Å². The van der Waals surface area contributed by atoms with Gasteiger partial charge >= 0.3 is 0 Å². The van der Waals surface area contributed by atoms with Gasteiger partial charge in [-0.05, 0) is 31.4 Å². The van der Waals surface area contributed by atoms with Crippen molar-refractivity contribution in [1.82, 2.24) is 4.98 Å². The van der Waals surface area contributed by atoms with E-state index >= 15 is 0 Å². The standard InChI is InChI=1S/C12H20N2/c1-3-12(13,4-2)9-8-11-7-5-6-10-14-11/h5-7,10H,3-4,8-9,13H2,1-2H3/p+1. The molecule has 1 aromatic heterocycles. The van der Waals surface area contributed by atoms with Gasteiger partial charge in [-0.2, -0.15) is 0 Å². The Morgan fingerprint density at radius 2 is 2.00 bits per heavy atom. The summed E-state index contributed by atoms with van der Waals surface area (Å²) in [5.41, 5.74) is 5.72. The molecule has 1 aromatic rings. The Morgan fingerprint density at radius 3 is 2.50 bits per heavy atom. The number of aryl methyl sites for hydroxylation is 1. The summed E-state index contributed by atoms with van der Waals surface area (Å²) in [6, 6.07) is 6.09. The monoisotopic (exact) mass is 193 g/mol. The molecule has 1 heterocycles. The lowest BCUT2D eigenvalue weighted by Gasteiger charge is -2.22. The number of hydrogen-bond donors (Lipinski definition) is 1. The van der Waals surface area contributed by atoms with Gasteiger partial charge in [0, 0.05) is 18.3 Å². The molecule has 0 unspecified atom stereocenters. The van der Waals surface area contributed by atoms with Gasteiger partial charge in [-0.3, -0.25) is 4.98 Å². The molecule has 0 saturated heterocycles. The molecule has 0 amide bonds. The van der Waals surface area contributed by atoms with Crippen LogP contribution < -0.4 is 5.73 Å². The zero-order chi connectivity index (χ0) is 10.4. The van der Waals surface area contributed by atoms with Crippen molar-refractivity contribution in [1.29, 1.82) is 0 Å². The van der Waals surface area contributed by atoms with Crippen molar-refractivity contribution in [2.45, 2.75) is 45.1 Å². The fourth-order valence-electron chi connectivity index (χ4n) is 1.54. The molecule has 0 aliphatic rings. The van der Waals surface area contributed by atoms with Gasteiger partial charge in [0.25, 0.3) is 0 Å². The van der Waals surface area contributed by atoms with Crippen LogP contribution in [0.15, 0.2) is 24.4 Å². The molecule has 0 spiro atoms. The van der Waals surface area contributed by atoms with E-state index in [1.165, 1.54) is 5.69 Å². The predicted molar refractivity (Wildman–Crippen MR) is 58.8 cm³/mol. The summed E-state index contributed by atoms with van der Waals surface area (Å²) in [4.78, 5) is 4.32. The Hall–Kier alpha value is -0.890. The van der Waals surface area contributed by atoms with Crippen LogP contribution in [0.5, 0.6) is 0 Å². The number of hydrogen-bond acceptors (Lipinski definition) is 1. The van der Waals surface area contributed by atoms with Gasteiger partial charge in [0.15, 0.2) is 0 Å². The van der Waals surface area contributed by atoms with Crippen molar-refractivity contribution < 1.29 is 5.73 Å². The average Bonchev–Trinajstić information content (AvgIpc) is 2.27. The Bertz CT molecular complexity index is 252. The summed E-state index contributed by atoms with van der Waals surface area (Å²) in [5.74, 6) is 0. The van der Waals surface area contributed by atoms with E-state index < -0.39 is 0 Å². The van der Waals surface area contributed by atoms with E-state index in [1.807, 2.05) is 18.3 Å². The van der Waals surface area contributed by atoms with Gasteiger partial charge < -0.3 is 5.73 Å². The van der Waals surface area contributed by atoms with Crippen LogP contribution in [0.1, 0.15) is 38.8 Å². The second-order valence-corrected chi connectivity index (χ2v) is 4.03. The molecule has 0 aliphatic heterocycles. The van der Waals surface area contributed by atoms with Crippen LogP contribution in [0.25, 0.3) is 0 Å². The van der Waals surface area contributed by atoms with Crippen LogP contribution in [0, 0.1) is 0 Å². The van der Waals surface area contributed by atoms with Crippen LogP contribution in [-0.4, -0.2) is 10.5 Å². The first-order valence-electron chi connectivity index (χ1n) is 5.45. The first-order chi connectivity index (χ1) is 6.70. The zero-order valence-electron chi connectivity index (χ0n) is 9.29. The van der Waals surface area contributed by atoms with Crippen LogP contribution in [-0.2, 0) is 6.42 Å². The van der Waals surface area contributed by atoms with Crippen LogP contribution in [0.3, 0.4) is 0 Å². The molecule has 0 bridgehead atoms. The van der Waals surface area contributed by atoms with Crippen molar-refractivity contribution in [2.75, 3.05) is 0 Å². The number of aromatic nitrogens is 1. The van der Waals surface area contributed by atoms with Crippen molar-refractivity contribution in [3.05, 3.63) is 30.1 Å². The highest BCUT2D eigenvalue weighted by molar-refractivity contribution is 5.04. The van der Waals surface area contributed by atoms with E-state index in [2.05, 4.69) is 30.6 Å². The van der Waals surface area contributed by atoms with Crippen molar-refractivity contribution in [3.63, 3.8) is 0 Å². The minimum absolute atomic E-state index is 0.248. The molecule has 2 nitrogen and oxygen atoms in total. The zero-order valence-corrected chi connectivity index (χ0v) is 9.29. The number of rotatable bonds is 5. The van der Waals surface area contributed by atoms with Gasteiger partial charge in [-0.15, -0.1) is 0 Å². The molecule has 78 valence electrons. The minimum Gasteiger partial charge on any atom is -0.353 e. The fraction of sp³-hybridized carbons (Fsp3) is 0.583. The first kappa shape index (κ1) is 11.2. The molecule has 1 rings (SSSR count). The minimum atomic E-state index is 0.248. The van der Waals surface area contributed by atoms with Crippen LogP contribution >= 0.6 is 0 Å². The van der Waals surface area contributed by atoms with Crippen molar-refractivity contribution in [2.24, 2.45) is 0 Å². The lowest BCUT2D eigenvalue weighted by atomic mass is 9.88. The molecular formula is C12H21N2+. The molecule has 0 aromatic carbocycles. The highest BCUT2D eigenvalue weighted by Gasteiger charge is 2.23. The number of pyridine rings is 1. The fourth-order valence-corrected chi connectivity index (χ4v) is 1.54. The summed E-state index contributed by atoms with van der Waals surface area (Å²) < 4.78 is 0. The third-order valence-corrected chi connectivity index (χ3v) is 3.14. The van der Waals surface area contributed by atoms with E-state index in [0.29, 0.717) is 0 Å². The normalized spacial score (nSPS) is 11.6. The number of nitrogens with zero attached hydrogens (tertiary/aromatic N) is 1. The summed E-state index contributed by atoms with van der Waals surface area (Å²) in [6.07, 6.45) is 6.34. The molecule has 0 aliphatic carbocycles. The van der Waals surface area contributed by atoms with Crippen molar-refractivity contribution in [3.8, 4) is 0 Å². The van der Waals surface area contributed by atoms with Crippen LogP contribution in [0.2, 0.25) is 0 Å². The maximum Gasteiger partial charge on any atom is 0.0944 e. The number of quaternary nitrogens is 1. The lowest BCUT2D eigenvalue weighted by Crippen LogP contribution is -2.72. The summed E-state index contributed by atoms with van der Waals surface area (Å²) in [6.45, 7) is 4.43. The SMILES string of the molecule is CCC([NH3+])(CC)CCc1ccccn1. The quantitative estimate of drug-likeness (QED) is 0.761. The van der Waals surface area contributed by atoms with Crippen LogP contribution in [0.4, 0.5) is 0 Å². The average molecular weight is 193 g/mol. The highest BCUT2D eigenvalue weighted by atomic mass is 14.7. The lowest BCUT2D eigenvalue weighted by molar-refractivity contribution is -0.481. The van der Waals surface area contributed by atoms with E-state index in [4.69, 9.17) is 0 Å². The maximum atomic E-state index is 4.32. The molecule has 0 fully saturated rings. The molecular weight excluding hydrogens is 172 g/mol. The molecule has 0 radical (unpaired) electrons. The Balaban J connectivity index is 2.48. The third kappa shape index (κ3) is 3.11. The largest absolute Gasteiger partial charge is 0.353 e. The maximum absolute atomic E-state index is 4.32. The molecule has 0 atom stereocenters. The smallest absolute Gasteiger partial charge is 0.0944 e. The second-order valence-electron chi connectivity index (χ2n) is 4.03. The summed E-state index contributed by atoms with van der Waals surface area (Å²) in [7, 11) is 0. The predicted octanol–water partition coefficient (Wildman–Crippen LogP) is 1.81. The van der Waals surface area contributed by atoms with E-state index in [-0.39, 0.29) is 5.54 Å². The van der Waals surface area contributed by atoms with Gasteiger partial charge in [-0.1, -0.05) is 19.9 Å². The highest BCUT2D eigenvalue weighted by Crippen LogP contribution is 2.16. The van der Waals surface area contributed by atoms with Gasteiger partial charge in [0.1, 0.15) is 0 Å². The Kier molecular flexibility index (Phi) is 4.08. The van der Waals surface area contributed by atoms with E-state index in [1.54, 1.807) is 0 Å². The third-order valence-electron chi connectivity index (χ3n) is 3.14. The molecule has 3 N–H and O–H groups in total.